The maximum atomic E-state index is 4.25. The van der Waals surface area contributed by atoms with Crippen LogP contribution in [0.4, 0.5) is 0 Å². The summed E-state index contributed by atoms with van der Waals surface area (Å²) in [6.45, 7) is 4.34. The second kappa shape index (κ2) is 3.35. The lowest BCUT2D eigenvalue weighted by Crippen LogP contribution is -2.22. The number of hydrogen-bond donors (Lipinski definition) is 1. The van der Waals surface area contributed by atoms with Crippen LogP contribution in [-0.2, 0) is 7.05 Å². The summed E-state index contributed by atoms with van der Waals surface area (Å²) < 4.78 is 1.93. The van der Waals surface area contributed by atoms with Crippen LogP contribution in [0.3, 0.4) is 0 Å². The van der Waals surface area contributed by atoms with Gasteiger partial charge in [-0.05, 0) is 13.8 Å². The molecule has 13 heavy (non-hydrogen) atoms. The molecule has 2 rings (SSSR count). The van der Waals surface area contributed by atoms with Crippen molar-refractivity contribution in [2.45, 2.75) is 25.3 Å². The van der Waals surface area contributed by atoms with Crippen molar-refractivity contribution in [3.8, 4) is 0 Å². The third-order valence-electron chi connectivity index (χ3n) is 2.50. The Morgan fingerprint density at radius 1 is 1.69 bits per heavy atom. The van der Waals surface area contributed by atoms with Gasteiger partial charge in [-0.25, -0.2) is 0 Å². The van der Waals surface area contributed by atoms with E-state index in [0.717, 1.165) is 0 Å². The fraction of sp³-hybridized carbons (Fsp3) is 0.667. The second-order valence-electron chi connectivity index (χ2n) is 3.59. The highest BCUT2D eigenvalue weighted by molar-refractivity contribution is 7.99. The van der Waals surface area contributed by atoms with Crippen molar-refractivity contribution in [2.24, 2.45) is 7.05 Å². The molecule has 1 aliphatic heterocycles. The van der Waals surface area contributed by atoms with Gasteiger partial charge in [0, 0.05) is 30.1 Å². The maximum absolute atomic E-state index is 4.25. The zero-order valence-electron chi connectivity index (χ0n) is 8.24. The molecule has 4 heteroatoms. The molecule has 1 aromatic heterocycles. The summed E-state index contributed by atoms with van der Waals surface area (Å²) in [4.78, 5) is 0. The van der Waals surface area contributed by atoms with Gasteiger partial charge in [0.25, 0.3) is 0 Å². The van der Waals surface area contributed by atoms with Gasteiger partial charge in [0.2, 0.25) is 0 Å². The number of rotatable bonds is 1. The molecule has 1 saturated heterocycles. The standard InChI is InChI=1S/C9H15N3S/c1-6-5-13-9(11-6)8-4-10-12(3)7(8)2/h4,6,9,11H,5H2,1-3H3. The minimum atomic E-state index is 0.448. The molecule has 1 fully saturated rings. The third kappa shape index (κ3) is 1.60. The lowest BCUT2D eigenvalue weighted by molar-refractivity contribution is 0.615. The zero-order chi connectivity index (χ0) is 9.42. The van der Waals surface area contributed by atoms with Crippen LogP contribution in [0.2, 0.25) is 0 Å². The molecule has 1 aromatic rings. The highest BCUT2D eigenvalue weighted by Crippen LogP contribution is 2.33. The van der Waals surface area contributed by atoms with Gasteiger partial charge < -0.3 is 0 Å². The lowest BCUT2D eigenvalue weighted by atomic mass is 10.2. The van der Waals surface area contributed by atoms with Crippen LogP contribution in [0.1, 0.15) is 23.6 Å². The van der Waals surface area contributed by atoms with Gasteiger partial charge >= 0.3 is 0 Å². The number of aromatic nitrogens is 2. The monoisotopic (exact) mass is 197 g/mol. The van der Waals surface area contributed by atoms with E-state index in [1.807, 2.05) is 29.7 Å². The van der Waals surface area contributed by atoms with Crippen molar-refractivity contribution in [3.63, 3.8) is 0 Å². The van der Waals surface area contributed by atoms with Gasteiger partial charge in [-0.2, -0.15) is 5.10 Å². The van der Waals surface area contributed by atoms with E-state index in [4.69, 9.17) is 0 Å². The first-order valence-corrected chi connectivity index (χ1v) is 5.59. The average Bonchev–Trinajstić information content (AvgIpc) is 2.62. The predicted molar refractivity (Wildman–Crippen MR) is 55.7 cm³/mol. The number of nitrogens with zero attached hydrogens (tertiary/aromatic N) is 2. The van der Waals surface area contributed by atoms with E-state index in [1.54, 1.807) is 0 Å². The zero-order valence-corrected chi connectivity index (χ0v) is 9.06. The molecule has 1 N–H and O–H groups in total. The molecule has 2 atom stereocenters. The Labute approximate surface area is 82.9 Å². The predicted octanol–water partition coefficient (Wildman–Crippen LogP) is 1.45. The Bertz CT molecular complexity index is 308. The van der Waals surface area contributed by atoms with E-state index in [-0.39, 0.29) is 0 Å². The summed E-state index contributed by atoms with van der Waals surface area (Å²) in [7, 11) is 1.99. The summed E-state index contributed by atoms with van der Waals surface area (Å²) in [5.41, 5.74) is 2.59. The van der Waals surface area contributed by atoms with Crippen molar-refractivity contribution in [2.75, 3.05) is 5.75 Å². The van der Waals surface area contributed by atoms with Crippen LogP contribution in [-0.4, -0.2) is 21.6 Å². The lowest BCUT2D eigenvalue weighted by Gasteiger charge is -2.09. The van der Waals surface area contributed by atoms with Crippen LogP contribution in [0, 0.1) is 6.92 Å². The number of hydrogen-bond acceptors (Lipinski definition) is 3. The van der Waals surface area contributed by atoms with Crippen molar-refractivity contribution in [1.82, 2.24) is 15.1 Å². The first kappa shape index (κ1) is 9.09. The Morgan fingerprint density at radius 3 is 2.92 bits per heavy atom. The minimum absolute atomic E-state index is 0.448. The Balaban J connectivity index is 2.21. The van der Waals surface area contributed by atoms with Gasteiger partial charge in [-0.3, -0.25) is 10.00 Å². The molecule has 0 aromatic carbocycles. The topological polar surface area (TPSA) is 29.9 Å². The van der Waals surface area contributed by atoms with Crippen molar-refractivity contribution in [1.29, 1.82) is 0 Å². The SMILES string of the molecule is Cc1c(C2NC(C)CS2)cnn1C. The van der Waals surface area contributed by atoms with E-state index in [2.05, 4.69) is 24.3 Å². The minimum Gasteiger partial charge on any atom is -0.298 e. The molecular weight excluding hydrogens is 182 g/mol. The van der Waals surface area contributed by atoms with Crippen molar-refractivity contribution >= 4 is 11.8 Å². The molecule has 0 saturated carbocycles. The van der Waals surface area contributed by atoms with E-state index in [1.165, 1.54) is 17.0 Å². The highest BCUT2D eigenvalue weighted by Gasteiger charge is 2.24. The number of nitrogens with one attached hydrogen (secondary N) is 1. The number of thioether (sulfide) groups is 1. The second-order valence-corrected chi connectivity index (χ2v) is 4.73. The van der Waals surface area contributed by atoms with Crippen molar-refractivity contribution < 1.29 is 0 Å². The van der Waals surface area contributed by atoms with E-state index in [0.29, 0.717) is 11.4 Å². The van der Waals surface area contributed by atoms with Crippen LogP contribution in [0.25, 0.3) is 0 Å². The summed E-state index contributed by atoms with van der Waals surface area (Å²) in [5, 5.41) is 8.23. The smallest absolute Gasteiger partial charge is 0.0825 e. The van der Waals surface area contributed by atoms with Crippen LogP contribution in [0.15, 0.2) is 6.20 Å². The first-order chi connectivity index (χ1) is 6.18. The molecule has 0 aliphatic carbocycles. The van der Waals surface area contributed by atoms with Gasteiger partial charge in [0.05, 0.1) is 11.6 Å². The third-order valence-corrected chi connectivity index (χ3v) is 3.92. The average molecular weight is 197 g/mol. The molecule has 3 nitrogen and oxygen atoms in total. The molecule has 2 heterocycles. The first-order valence-electron chi connectivity index (χ1n) is 4.54. The fourth-order valence-electron chi connectivity index (χ4n) is 1.55. The van der Waals surface area contributed by atoms with Gasteiger partial charge in [0.15, 0.2) is 0 Å². The highest BCUT2D eigenvalue weighted by atomic mass is 32.2. The van der Waals surface area contributed by atoms with Gasteiger partial charge in [-0.15, -0.1) is 11.8 Å². The summed E-state index contributed by atoms with van der Waals surface area (Å²) in [6, 6.07) is 0.620. The normalized spacial score (nSPS) is 28.2. The van der Waals surface area contributed by atoms with E-state index in [9.17, 15) is 0 Å². The Morgan fingerprint density at radius 2 is 2.46 bits per heavy atom. The summed E-state index contributed by atoms with van der Waals surface area (Å²) in [5.74, 6) is 1.19. The Hall–Kier alpha value is -0.480. The summed E-state index contributed by atoms with van der Waals surface area (Å²) >= 11 is 1.97. The van der Waals surface area contributed by atoms with Crippen LogP contribution in [0.5, 0.6) is 0 Å². The fourth-order valence-corrected chi connectivity index (χ4v) is 2.86. The molecule has 72 valence electrons. The molecule has 0 amide bonds. The molecule has 0 bridgehead atoms. The van der Waals surface area contributed by atoms with Gasteiger partial charge in [-0.1, -0.05) is 0 Å². The summed E-state index contributed by atoms with van der Waals surface area (Å²) in [6.07, 6.45) is 1.97. The van der Waals surface area contributed by atoms with E-state index < -0.39 is 0 Å². The van der Waals surface area contributed by atoms with E-state index >= 15 is 0 Å². The molecular formula is C9H15N3S. The molecule has 1 aliphatic rings. The van der Waals surface area contributed by atoms with Gasteiger partial charge in [0.1, 0.15) is 0 Å². The largest absolute Gasteiger partial charge is 0.298 e. The quantitative estimate of drug-likeness (QED) is 0.739. The molecule has 0 spiro atoms. The van der Waals surface area contributed by atoms with Crippen LogP contribution < -0.4 is 5.32 Å². The van der Waals surface area contributed by atoms with Crippen LogP contribution >= 0.6 is 11.8 Å². The molecule has 2 unspecified atom stereocenters. The maximum Gasteiger partial charge on any atom is 0.0825 e. The Kier molecular flexibility index (Phi) is 2.34. The van der Waals surface area contributed by atoms with Crippen molar-refractivity contribution in [3.05, 3.63) is 17.5 Å². The molecule has 0 radical (unpaired) electrons. The number of aryl methyl sites for hydroxylation is 1.